The summed E-state index contributed by atoms with van der Waals surface area (Å²) in [7, 11) is 4.25. The van der Waals surface area contributed by atoms with Crippen LogP contribution in [-0.4, -0.2) is 56.2 Å². The van der Waals surface area contributed by atoms with Gasteiger partial charge in [0.2, 0.25) is 0 Å². The van der Waals surface area contributed by atoms with Gasteiger partial charge in [-0.1, -0.05) is 16.8 Å². The van der Waals surface area contributed by atoms with E-state index in [4.69, 9.17) is 25.8 Å². The normalized spacial score (nSPS) is 19.4. The van der Waals surface area contributed by atoms with E-state index in [1.165, 1.54) is 32.4 Å². The molecule has 10 nitrogen and oxygen atoms in total. The fourth-order valence-corrected chi connectivity index (χ4v) is 3.98. The van der Waals surface area contributed by atoms with Crippen molar-refractivity contribution < 1.29 is 28.6 Å². The average Bonchev–Trinajstić information content (AvgIpc) is 3.32. The molecular formula is C21H19ClN4O6. The van der Waals surface area contributed by atoms with E-state index >= 15 is 0 Å². The van der Waals surface area contributed by atoms with E-state index < -0.39 is 29.9 Å². The van der Waals surface area contributed by atoms with Crippen molar-refractivity contribution in [3.8, 4) is 11.5 Å². The summed E-state index contributed by atoms with van der Waals surface area (Å²) in [5.74, 6) is -0.568. The van der Waals surface area contributed by atoms with Crippen molar-refractivity contribution in [1.29, 1.82) is 0 Å². The van der Waals surface area contributed by atoms with Gasteiger partial charge in [-0.3, -0.25) is 14.6 Å². The van der Waals surface area contributed by atoms with Gasteiger partial charge in [0.25, 0.3) is 11.8 Å². The average molecular weight is 459 g/mol. The molecule has 2 aromatic rings. The number of carbonyl (C=O) groups is 3. The molecule has 1 fully saturated rings. The molecule has 2 amide bonds. The van der Waals surface area contributed by atoms with Crippen molar-refractivity contribution in [3.63, 3.8) is 0 Å². The Morgan fingerprint density at radius 1 is 1.03 bits per heavy atom. The van der Waals surface area contributed by atoms with Gasteiger partial charge >= 0.3 is 5.97 Å². The smallest absolute Gasteiger partial charge is 0.337 e. The van der Waals surface area contributed by atoms with E-state index in [-0.39, 0.29) is 11.6 Å². The quantitative estimate of drug-likeness (QED) is 0.483. The first-order valence-electron chi connectivity index (χ1n) is 9.53. The zero-order chi connectivity index (χ0) is 23.0. The number of anilines is 1. The molecule has 2 heterocycles. The number of carbonyl (C=O) groups excluding carboxylic acids is 3. The van der Waals surface area contributed by atoms with Crippen LogP contribution in [0.2, 0.25) is 5.02 Å². The van der Waals surface area contributed by atoms with Gasteiger partial charge in [-0.05, 0) is 36.4 Å². The largest absolute Gasteiger partial charge is 0.496 e. The molecule has 32 heavy (non-hydrogen) atoms. The maximum Gasteiger partial charge on any atom is 0.337 e. The van der Waals surface area contributed by atoms with Crippen molar-refractivity contribution in [2.24, 2.45) is 10.3 Å². The third-order valence-electron chi connectivity index (χ3n) is 5.29. The van der Waals surface area contributed by atoms with E-state index in [1.54, 1.807) is 30.3 Å². The van der Waals surface area contributed by atoms with Crippen LogP contribution >= 0.6 is 11.6 Å². The van der Waals surface area contributed by atoms with E-state index in [2.05, 4.69) is 10.3 Å². The first kappa shape index (κ1) is 21.6. The van der Waals surface area contributed by atoms with Crippen LogP contribution in [0.25, 0.3) is 0 Å². The number of ether oxygens (including phenoxy) is 3. The molecular weight excluding hydrogens is 440 g/mol. The van der Waals surface area contributed by atoms with Crippen LogP contribution in [0.5, 0.6) is 11.5 Å². The molecule has 0 bridgehead atoms. The summed E-state index contributed by atoms with van der Waals surface area (Å²) >= 11 is 6.17. The molecule has 2 aliphatic heterocycles. The molecule has 166 valence electrons. The minimum absolute atomic E-state index is 0.0922. The maximum atomic E-state index is 13.2. The number of amides is 2. The molecule has 0 aliphatic carbocycles. The Bertz CT molecular complexity index is 1140. The van der Waals surface area contributed by atoms with Gasteiger partial charge in [0.05, 0.1) is 44.1 Å². The minimum Gasteiger partial charge on any atom is -0.496 e. The standard InChI is InChI=1S/C21H19ClN4O6/c1-30-15-6-4-11(21(29)32-3)8-12(15)10-25-18-17(23-24-25)19(27)26(20(18)28)13-5-7-16(31-2)14(22)9-13/h4-9,17-18H,10H2,1-3H3/t17-,18+/m1/s1. The number of esters is 1. The van der Waals surface area contributed by atoms with Crippen molar-refractivity contribution in [2.45, 2.75) is 18.6 Å². The number of nitrogens with zero attached hydrogens (tertiary/aromatic N) is 4. The molecule has 0 radical (unpaired) electrons. The number of halogens is 1. The van der Waals surface area contributed by atoms with Crippen molar-refractivity contribution in [3.05, 3.63) is 52.5 Å². The first-order valence-corrected chi connectivity index (χ1v) is 9.91. The number of hydrogen-bond donors (Lipinski definition) is 0. The molecule has 11 heteroatoms. The summed E-state index contributed by atoms with van der Waals surface area (Å²) in [6.07, 6.45) is 0. The number of benzene rings is 2. The number of methoxy groups -OCH3 is 3. The summed E-state index contributed by atoms with van der Waals surface area (Å²) in [6, 6.07) is 7.53. The zero-order valence-electron chi connectivity index (χ0n) is 17.4. The lowest BCUT2D eigenvalue weighted by molar-refractivity contribution is -0.123. The highest BCUT2D eigenvalue weighted by Gasteiger charge is 2.54. The minimum atomic E-state index is -0.974. The Balaban J connectivity index is 1.62. The Labute approximate surface area is 188 Å². The van der Waals surface area contributed by atoms with E-state index in [0.29, 0.717) is 28.3 Å². The molecule has 2 aromatic carbocycles. The highest BCUT2D eigenvalue weighted by molar-refractivity contribution is 6.33. The van der Waals surface area contributed by atoms with Crippen LogP contribution in [0.1, 0.15) is 15.9 Å². The Morgan fingerprint density at radius 2 is 1.75 bits per heavy atom. The van der Waals surface area contributed by atoms with Crippen LogP contribution in [-0.2, 0) is 20.9 Å². The molecule has 0 aromatic heterocycles. The van der Waals surface area contributed by atoms with Gasteiger partial charge in [-0.25, -0.2) is 9.69 Å². The van der Waals surface area contributed by atoms with Gasteiger partial charge in [-0.15, -0.1) is 0 Å². The summed E-state index contributed by atoms with van der Waals surface area (Å²) in [4.78, 5) is 39.1. The summed E-state index contributed by atoms with van der Waals surface area (Å²) in [5.41, 5.74) is 1.22. The molecule has 1 saturated heterocycles. The van der Waals surface area contributed by atoms with Gasteiger partial charge in [0.15, 0.2) is 12.1 Å². The highest BCUT2D eigenvalue weighted by Crippen LogP contribution is 2.36. The van der Waals surface area contributed by atoms with Crippen LogP contribution in [0.15, 0.2) is 46.7 Å². The van der Waals surface area contributed by atoms with Gasteiger partial charge in [0.1, 0.15) is 11.5 Å². The third-order valence-corrected chi connectivity index (χ3v) is 5.58. The summed E-state index contributed by atoms with van der Waals surface area (Å²) < 4.78 is 15.3. The maximum absolute atomic E-state index is 13.2. The Morgan fingerprint density at radius 3 is 2.41 bits per heavy atom. The zero-order valence-corrected chi connectivity index (χ0v) is 18.2. The molecule has 0 unspecified atom stereocenters. The predicted octanol–water partition coefficient (Wildman–Crippen LogP) is 2.64. The first-order chi connectivity index (χ1) is 15.4. The summed E-state index contributed by atoms with van der Waals surface area (Å²) in [6.45, 7) is 0.0922. The number of rotatable bonds is 6. The highest BCUT2D eigenvalue weighted by atomic mass is 35.5. The van der Waals surface area contributed by atoms with Crippen LogP contribution in [0, 0.1) is 0 Å². The van der Waals surface area contributed by atoms with Crippen LogP contribution in [0.4, 0.5) is 5.69 Å². The Kier molecular flexibility index (Phi) is 5.70. The molecule has 2 aliphatic rings. The van der Waals surface area contributed by atoms with Crippen LogP contribution < -0.4 is 14.4 Å². The molecule has 2 atom stereocenters. The SMILES string of the molecule is COC(=O)c1ccc(OC)c(CN2N=N[C@H]3C(=O)N(c4ccc(OC)c(Cl)c4)C(=O)[C@H]32)c1. The number of hydrogen-bond acceptors (Lipinski definition) is 9. The van der Waals surface area contributed by atoms with E-state index in [9.17, 15) is 14.4 Å². The second-order valence-electron chi connectivity index (χ2n) is 7.04. The van der Waals surface area contributed by atoms with Crippen molar-refractivity contribution in [2.75, 3.05) is 26.2 Å². The van der Waals surface area contributed by atoms with Crippen LogP contribution in [0.3, 0.4) is 0 Å². The third kappa shape index (κ3) is 3.52. The van der Waals surface area contributed by atoms with Crippen molar-refractivity contribution in [1.82, 2.24) is 5.01 Å². The predicted molar refractivity (Wildman–Crippen MR) is 113 cm³/mol. The van der Waals surface area contributed by atoms with Gasteiger partial charge in [-0.2, -0.15) is 5.11 Å². The fourth-order valence-electron chi connectivity index (χ4n) is 3.72. The number of fused-ring (bicyclic) bond motifs is 1. The fraction of sp³-hybridized carbons (Fsp3) is 0.286. The molecule has 0 saturated carbocycles. The van der Waals surface area contributed by atoms with Gasteiger partial charge < -0.3 is 14.2 Å². The topological polar surface area (TPSA) is 110 Å². The molecule has 0 N–H and O–H groups in total. The summed E-state index contributed by atoms with van der Waals surface area (Å²) in [5, 5.41) is 9.73. The second-order valence-corrected chi connectivity index (χ2v) is 7.45. The van der Waals surface area contributed by atoms with E-state index in [1.807, 2.05) is 0 Å². The monoisotopic (exact) mass is 458 g/mol. The van der Waals surface area contributed by atoms with Gasteiger partial charge in [0, 0.05) is 5.56 Å². The van der Waals surface area contributed by atoms with E-state index in [0.717, 1.165) is 4.90 Å². The lowest BCUT2D eigenvalue weighted by atomic mass is 10.1. The second kappa shape index (κ2) is 8.46. The number of imide groups is 1. The lowest BCUT2D eigenvalue weighted by Gasteiger charge is -2.22. The lowest BCUT2D eigenvalue weighted by Crippen LogP contribution is -2.39. The molecule has 4 rings (SSSR count). The van der Waals surface area contributed by atoms with Crippen molar-refractivity contribution >= 4 is 35.1 Å². The Hall–Kier alpha value is -3.66. The molecule has 0 spiro atoms.